The zero-order valence-electron chi connectivity index (χ0n) is 14.7. The number of thiophene rings is 1. The third-order valence-corrected chi connectivity index (χ3v) is 7.07. The van der Waals surface area contributed by atoms with Gasteiger partial charge in [0.15, 0.2) is 0 Å². The van der Waals surface area contributed by atoms with Crippen LogP contribution >= 0.6 is 23.1 Å². The van der Waals surface area contributed by atoms with Gasteiger partial charge in [0.2, 0.25) is 0 Å². The molecule has 0 spiro atoms. The van der Waals surface area contributed by atoms with E-state index in [4.69, 9.17) is 14.7 Å². The molecule has 0 radical (unpaired) electrons. The molecule has 0 bridgehead atoms. The van der Waals surface area contributed by atoms with Crippen LogP contribution in [0.15, 0.2) is 5.03 Å². The number of ether oxygens (including phenoxy) is 1. The number of rotatable bonds is 5. The Morgan fingerprint density at radius 2 is 2.16 bits per heavy atom. The highest BCUT2D eigenvalue weighted by Gasteiger charge is 2.24. The van der Waals surface area contributed by atoms with Crippen LogP contribution in [0.2, 0.25) is 0 Å². The number of aliphatic hydroxyl groups excluding tert-OH is 1. The van der Waals surface area contributed by atoms with Crippen LogP contribution in [0.4, 0.5) is 0 Å². The normalized spacial score (nSPS) is 21.6. The third kappa shape index (κ3) is 3.85. The van der Waals surface area contributed by atoms with Crippen molar-refractivity contribution >= 4 is 33.3 Å². The number of nitrogens with zero attached hydrogens (tertiary/aromatic N) is 3. The minimum atomic E-state index is 0.179. The summed E-state index contributed by atoms with van der Waals surface area (Å²) in [7, 11) is 0. The number of aromatic nitrogens is 2. The van der Waals surface area contributed by atoms with Crippen LogP contribution in [0.5, 0.6) is 0 Å². The molecule has 1 aliphatic carbocycles. The predicted octanol–water partition coefficient (Wildman–Crippen LogP) is 2.73. The van der Waals surface area contributed by atoms with Gasteiger partial charge < -0.3 is 9.84 Å². The summed E-state index contributed by atoms with van der Waals surface area (Å²) in [6.07, 6.45) is 3.55. The summed E-state index contributed by atoms with van der Waals surface area (Å²) >= 11 is 3.52. The van der Waals surface area contributed by atoms with E-state index in [0.717, 1.165) is 60.9 Å². The van der Waals surface area contributed by atoms with E-state index in [2.05, 4.69) is 11.8 Å². The highest BCUT2D eigenvalue weighted by Crippen LogP contribution is 2.40. The summed E-state index contributed by atoms with van der Waals surface area (Å²) in [6.45, 7) is 6.77. The Labute approximate surface area is 156 Å². The van der Waals surface area contributed by atoms with Crippen molar-refractivity contribution in [1.82, 2.24) is 14.9 Å². The Kier molecular flexibility index (Phi) is 5.57. The largest absolute Gasteiger partial charge is 0.396 e. The second-order valence-corrected chi connectivity index (χ2v) is 9.10. The lowest BCUT2D eigenvalue weighted by Gasteiger charge is -2.25. The van der Waals surface area contributed by atoms with Crippen molar-refractivity contribution in [2.75, 3.05) is 38.7 Å². The lowest BCUT2D eigenvalue weighted by atomic mass is 9.89. The maximum absolute atomic E-state index is 9.27. The Morgan fingerprint density at radius 3 is 2.96 bits per heavy atom. The van der Waals surface area contributed by atoms with Crippen LogP contribution in [0, 0.1) is 5.92 Å². The summed E-state index contributed by atoms with van der Waals surface area (Å²) in [5, 5.41) is 11.6. The first kappa shape index (κ1) is 17.7. The summed E-state index contributed by atoms with van der Waals surface area (Å²) < 4.78 is 5.44. The Hall–Kier alpha value is -0.730. The fourth-order valence-corrected chi connectivity index (χ4v) is 5.91. The number of aryl methyl sites for hydroxylation is 1. The minimum Gasteiger partial charge on any atom is -0.396 e. The van der Waals surface area contributed by atoms with E-state index >= 15 is 0 Å². The number of aliphatic hydroxyl groups is 1. The monoisotopic (exact) mass is 379 g/mol. The molecule has 136 valence electrons. The smallest absolute Gasteiger partial charge is 0.145 e. The van der Waals surface area contributed by atoms with Gasteiger partial charge in [0.1, 0.15) is 15.7 Å². The van der Waals surface area contributed by atoms with Crippen molar-refractivity contribution in [3.05, 3.63) is 16.3 Å². The molecule has 0 saturated carbocycles. The lowest BCUT2D eigenvalue weighted by Crippen LogP contribution is -2.36. The molecule has 7 heteroatoms. The van der Waals surface area contributed by atoms with Gasteiger partial charge in [-0.1, -0.05) is 6.92 Å². The fourth-order valence-electron chi connectivity index (χ4n) is 3.63. The van der Waals surface area contributed by atoms with Gasteiger partial charge in [-0.3, -0.25) is 4.90 Å². The Bertz CT molecular complexity index is 743. The van der Waals surface area contributed by atoms with Crippen molar-refractivity contribution in [3.63, 3.8) is 0 Å². The topological polar surface area (TPSA) is 58.5 Å². The molecule has 1 fully saturated rings. The van der Waals surface area contributed by atoms with Gasteiger partial charge in [-0.25, -0.2) is 9.97 Å². The third-order valence-electron chi connectivity index (χ3n) is 4.97. The molecule has 4 rings (SSSR count). The molecule has 1 saturated heterocycles. The van der Waals surface area contributed by atoms with Crippen molar-refractivity contribution < 1.29 is 9.84 Å². The van der Waals surface area contributed by atoms with Gasteiger partial charge in [0, 0.05) is 29.1 Å². The average molecular weight is 380 g/mol. The maximum Gasteiger partial charge on any atom is 0.145 e. The Morgan fingerprint density at radius 1 is 1.32 bits per heavy atom. The van der Waals surface area contributed by atoms with Crippen molar-refractivity contribution in [2.24, 2.45) is 5.92 Å². The molecule has 2 aromatic rings. The predicted molar refractivity (Wildman–Crippen MR) is 103 cm³/mol. The molecule has 1 atom stereocenters. The van der Waals surface area contributed by atoms with Gasteiger partial charge in [-0.05, 0) is 30.7 Å². The quantitative estimate of drug-likeness (QED) is 0.637. The second-order valence-electron chi connectivity index (χ2n) is 6.94. The van der Waals surface area contributed by atoms with E-state index in [1.54, 1.807) is 11.8 Å². The SMILES string of the molecule is C[C@@H]1CCc2c(sc3nc(CN4CCOCC4)nc(SCCO)c23)C1. The first-order chi connectivity index (χ1) is 12.2. The molecular weight excluding hydrogens is 354 g/mol. The van der Waals surface area contributed by atoms with Crippen molar-refractivity contribution in [1.29, 1.82) is 0 Å². The molecule has 0 unspecified atom stereocenters. The summed E-state index contributed by atoms with van der Waals surface area (Å²) in [6, 6.07) is 0. The molecule has 25 heavy (non-hydrogen) atoms. The van der Waals surface area contributed by atoms with E-state index in [0.29, 0.717) is 5.75 Å². The van der Waals surface area contributed by atoms with E-state index in [9.17, 15) is 5.11 Å². The first-order valence-corrected chi connectivity index (χ1v) is 10.9. The van der Waals surface area contributed by atoms with Gasteiger partial charge in [-0.15, -0.1) is 23.1 Å². The highest BCUT2D eigenvalue weighted by atomic mass is 32.2. The maximum atomic E-state index is 9.27. The van der Waals surface area contributed by atoms with Crippen LogP contribution in [0.1, 0.15) is 29.6 Å². The van der Waals surface area contributed by atoms with E-state index in [1.165, 1.54) is 28.7 Å². The van der Waals surface area contributed by atoms with Crippen LogP contribution in [0.3, 0.4) is 0 Å². The highest BCUT2D eigenvalue weighted by molar-refractivity contribution is 7.99. The molecule has 5 nitrogen and oxygen atoms in total. The number of fused-ring (bicyclic) bond motifs is 3. The number of hydrogen-bond acceptors (Lipinski definition) is 7. The standard InChI is InChI=1S/C18H25N3O2S2/c1-12-2-3-13-14(10-12)25-18-16(13)17(24-9-6-22)19-15(20-18)11-21-4-7-23-8-5-21/h12,22H,2-11H2,1H3/t12-/m1/s1. The van der Waals surface area contributed by atoms with Crippen molar-refractivity contribution in [2.45, 2.75) is 37.8 Å². The van der Waals surface area contributed by atoms with Crippen LogP contribution in [-0.4, -0.2) is 58.6 Å². The molecule has 0 amide bonds. The van der Waals surface area contributed by atoms with Crippen LogP contribution in [-0.2, 0) is 24.1 Å². The van der Waals surface area contributed by atoms with Crippen LogP contribution in [0.25, 0.3) is 10.2 Å². The van der Waals surface area contributed by atoms with Gasteiger partial charge in [-0.2, -0.15) is 0 Å². The second kappa shape index (κ2) is 7.88. The summed E-state index contributed by atoms with van der Waals surface area (Å²) in [5.74, 6) is 2.35. The average Bonchev–Trinajstić information content (AvgIpc) is 2.97. The first-order valence-electron chi connectivity index (χ1n) is 9.09. The molecule has 0 aromatic carbocycles. The van der Waals surface area contributed by atoms with E-state index in [-0.39, 0.29) is 6.61 Å². The number of morpholine rings is 1. The summed E-state index contributed by atoms with van der Waals surface area (Å²) in [5.41, 5.74) is 1.47. The molecule has 1 aliphatic heterocycles. The van der Waals surface area contributed by atoms with Crippen molar-refractivity contribution in [3.8, 4) is 0 Å². The van der Waals surface area contributed by atoms with Gasteiger partial charge in [0.25, 0.3) is 0 Å². The van der Waals surface area contributed by atoms with Crippen LogP contribution < -0.4 is 0 Å². The number of hydrogen-bond donors (Lipinski definition) is 1. The minimum absolute atomic E-state index is 0.179. The Balaban J connectivity index is 1.70. The molecule has 2 aromatic heterocycles. The zero-order chi connectivity index (χ0) is 17.2. The van der Waals surface area contributed by atoms with Gasteiger partial charge in [0.05, 0.1) is 26.4 Å². The number of thioether (sulfide) groups is 1. The fraction of sp³-hybridized carbons (Fsp3) is 0.667. The molecule has 1 N–H and O–H groups in total. The van der Waals surface area contributed by atoms with E-state index < -0.39 is 0 Å². The summed E-state index contributed by atoms with van der Waals surface area (Å²) in [4.78, 5) is 14.8. The molecule has 3 heterocycles. The van der Waals surface area contributed by atoms with E-state index in [1.807, 2.05) is 11.3 Å². The molecule has 2 aliphatic rings. The lowest BCUT2D eigenvalue weighted by molar-refractivity contribution is 0.0330. The zero-order valence-corrected chi connectivity index (χ0v) is 16.3. The molecular formula is C18H25N3O2S2. The van der Waals surface area contributed by atoms with Gasteiger partial charge >= 0.3 is 0 Å².